The molecule has 20 heavy (non-hydrogen) atoms. The number of thioether (sulfide) groups is 4. The van der Waals surface area contributed by atoms with Gasteiger partial charge in [0.15, 0.2) is 0 Å². The fourth-order valence-electron chi connectivity index (χ4n) is 1.73. The van der Waals surface area contributed by atoms with Gasteiger partial charge in [0.05, 0.1) is 8.47 Å². The first-order valence-corrected chi connectivity index (χ1v) is 10.7. The summed E-state index contributed by atoms with van der Waals surface area (Å²) in [5, 5.41) is 4.07. The van der Waals surface area contributed by atoms with E-state index in [0.717, 1.165) is 12.6 Å². The summed E-state index contributed by atoms with van der Waals surface area (Å²) in [5.74, 6) is 0. The summed E-state index contributed by atoms with van der Waals surface area (Å²) in [7, 11) is 0. The van der Waals surface area contributed by atoms with Gasteiger partial charge in [-0.2, -0.15) is 0 Å². The molecule has 0 aliphatic carbocycles. The first kappa shape index (κ1) is 13.6. The fourth-order valence-corrected chi connectivity index (χ4v) is 8.97. The van der Waals surface area contributed by atoms with Crippen LogP contribution >= 0.6 is 69.7 Å². The van der Waals surface area contributed by atoms with Gasteiger partial charge in [-0.3, -0.25) is 4.79 Å². The van der Waals surface area contributed by atoms with Crippen molar-refractivity contribution in [3.05, 3.63) is 53.0 Å². The van der Waals surface area contributed by atoms with E-state index in [9.17, 15) is 4.79 Å². The van der Waals surface area contributed by atoms with Gasteiger partial charge in [-0.25, -0.2) is 0 Å². The van der Waals surface area contributed by atoms with Crippen LogP contribution in [0.1, 0.15) is 0 Å². The van der Waals surface area contributed by atoms with Gasteiger partial charge in [-0.1, -0.05) is 70.5 Å². The van der Waals surface area contributed by atoms with Crippen LogP contribution < -0.4 is 13.1 Å². The maximum absolute atomic E-state index is 12.2. The van der Waals surface area contributed by atoms with Crippen molar-refractivity contribution in [2.75, 3.05) is 0 Å². The van der Waals surface area contributed by atoms with E-state index in [-0.39, 0.29) is 4.74 Å². The molecule has 0 saturated carbocycles. The van der Waals surface area contributed by atoms with E-state index in [1.54, 1.807) is 58.4 Å². The third-order valence-corrected chi connectivity index (χ3v) is 10.4. The SMILES string of the molecule is O=c1sc(=C2Sc3ccccc3S2)sc1=C1SC=CS1. The lowest BCUT2D eigenvalue weighted by atomic mass is 10.4. The second-order valence-corrected chi connectivity index (χ2v) is 10.6. The lowest BCUT2D eigenvalue weighted by Crippen LogP contribution is -2.14. The van der Waals surface area contributed by atoms with Crippen LogP contribution in [0.3, 0.4) is 0 Å². The molecular formula is C13H6OS6. The molecule has 0 saturated heterocycles. The predicted octanol–water partition coefficient (Wildman–Crippen LogP) is 4.15. The van der Waals surface area contributed by atoms with Crippen LogP contribution in [0, 0.1) is 0 Å². The maximum atomic E-state index is 12.2. The molecule has 0 N–H and O–H groups in total. The summed E-state index contributed by atoms with van der Waals surface area (Å²) in [6.45, 7) is 0. The lowest BCUT2D eigenvalue weighted by molar-refractivity contribution is 1.27. The summed E-state index contributed by atoms with van der Waals surface area (Å²) in [5.41, 5.74) is 0. The van der Waals surface area contributed by atoms with E-state index in [0.29, 0.717) is 0 Å². The highest BCUT2D eigenvalue weighted by Gasteiger charge is 2.19. The van der Waals surface area contributed by atoms with Crippen molar-refractivity contribution in [3.63, 3.8) is 0 Å². The van der Waals surface area contributed by atoms with Crippen molar-refractivity contribution in [3.8, 4) is 0 Å². The van der Waals surface area contributed by atoms with E-state index in [1.165, 1.54) is 25.4 Å². The molecular weight excluding hydrogens is 365 g/mol. The van der Waals surface area contributed by atoms with Gasteiger partial charge < -0.3 is 0 Å². The monoisotopic (exact) mass is 370 g/mol. The number of rotatable bonds is 0. The molecule has 4 rings (SSSR count). The molecule has 1 aromatic heterocycles. The van der Waals surface area contributed by atoms with Gasteiger partial charge in [0.2, 0.25) is 0 Å². The summed E-state index contributed by atoms with van der Waals surface area (Å²) >= 11 is 9.86. The molecule has 0 amide bonds. The van der Waals surface area contributed by atoms with Crippen molar-refractivity contribution in [1.82, 2.24) is 0 Å². The van der Waals surface area contributed by atoms with Crippen molar-refractivity contribution in [2.45, 2.75) is 9.79 Å². The van der Waals surface area contributed by atoms with Gasteiger partial charge in [-0.15, -0.1) is 11.3 Å². The van der Waals surface area contributed by atoms with E-state index in [1.807, 2.05) is 10.8 Å². The zero-order chi connectivity index (χ0) is 13.5. The minimum absolute atomic E-state index is 0.188. The Kier molecular flexibility index (Phi) is 3.82. The van der Waals surface area contributed by atoms with Crippen molar-refractivity contribution in [1.29, 1.82) is 0 Å². The van der Waals surface area contributed by atoms with Gasteiger partial charge in [-0.05, 0) is 22.9 Å². The number of hydrogen-bond donors (Lipinski definition) is 0. The minimum Gasteiger partial charge on any atom is -0.276 e. The minimum atomic E-state index is 0.188. The fraction of sp³-hybridized carbons (Fsp3) is 0. The summed E-state index contributed by atoms with van der Waals surface area (Å²) in [6, 6.07) is 8.40. The van der Waals surface area contributed by atoms with E-state index < -0.39 is 0 Å². The Morgan fingerprint density at radius 1 is 0.800 bits per heavy atom. The third kappa shape index (κ3) is 2.44. The topological polar surface area (TPSA) is 17.1 Å². The van der Waals surface area contributed by atoms with Crippen LogP contribution in [0.4, 0.5) is 0 Å². The Bertz CT molecular complexity index is 851. The standard InChI is InChI=1S/C13H6OS6/c14-10-9(11-15-5-6-16-11)19-13(20-10)12-17-7-3-1-2-4-8(7)18-12/h1-6H. The van der Waals surface area contributed by atoms with Gasteiger partial charge >= 0.3 is 0 Å². The van der Waals surface area contributed by atoms with Crippen molar-refractivity contribution < 1.29 is 0 Å². The number of hydrogen-bond acceptors (Lipinski definition) is 7. The van der Waals surface area contributed by atoms with Crippen LogP contribution in [0.2, 0.25) is 0 Å². The molecule has 2 aliphatic rings. The van der Waals surface area contributed by atoms with Crippen LogP contribution in [-0.4, -0.2) is 0 Å². The van der Waals surface area contributed by atoms with E-state index >= 15 is 0 Å². The van der Waals surface area contributed by atoms with Crippen LogP contribution in [0.15, 0.2) is 49.7 Å². The number of benzene rings is 1. The highest BCUT2D eigenvalue weighted by atomic mass is 32.2. The van der Waals surface area contributed by atoms with Crippen molar-refractivity contribution >= 4 is 78.2 Å². The van der Waals surface area contributed by atoms with Gasteiger partial charge in [0.1, 0.15) is 8.38 Å². The predicted molar refractivity (Wildman–Crippen MR) is 97.0 cm³/mol. The maximum Gasteiger partial charge on any atom is 0.252 e. The first-order chi connectivity index (χ1) is 9.81. The second kappa shape index (κ2) is 5.62. The molecule has 0 fully saturated rings. The molecule has 0 spiro atoms. The van der Waals surface area contributed by atoms with Crippen molar-refractivity contribution in [2.24, 2.45) is 0 Å². The molecule has 2 aliphatic heterocycles. The highest BCUT2D eigenvalue weighted by Crippen LogP contribution is 2.51. The third-order valence-electron chi connectivity index (χ3n) is 2.58. The molecule has 3 heterocycles. The van der Waals surface area contributed by atoms with Crippen LogP contribution in [-0.2, 0) is 0 Å². The summed E-state index contributed by atoms with van der Waals surface area (Å²) < 4.78 is 4.58. The van der Waals surface area contributed by atoms with E-state index in [4.69, 9.17) is 0 Å². The lowest BCUT2D eigenvalue weighted by Gasteiger charge is -1.90. The second-order valence-electron chi connectivity index (χ2n) is 3.84. The quantitative estimate of drug-likeness (QED) is 0.691. The molecule has 0 atom stereocenters. The van der Waals surface area contributed by atoms with Crippen LogP contribution in [0.25, 0.3) is 8.47 Å². The Balaban J connectivity index is 1.86. The molecule has 7 heteroatoms. The average Bonchev–Trinajstić information content (AvgIpc) is 3.16. The summed E-state index contributed by atoms with van der Waals surface area (Å²) in [6.07, 6.45) is 0. The normalized spacial score (nSPS) is 17.0. The summed E-state index contributed by atoms with van der Waals surface area (Å²) in [4.78, 5) is 14.8. The average molecular weight is 371 g/mol. The highest BCUT2D eigenvalue weighted by molar-refractivity contribution is 8.35. The molecule has 0 unspecified atom stereocenters. The Hall–Kier alpha value is -0.0500. The molecule has 1 aromatic carbocycles. The Morgan fingerprint density at radius 3 is 2.10 bits per heavy atom. The zero-order valence-electron chi connectivity index (χ0n) is 9.82. The molecule has 1 nitrogen and oxygen atoms in total. The molecule has 2 aromatic rings. The van der Waals surface area contributed by atoms with Gasteiger partial charge in [0.25, 0.3) is 4.74 Å². The Labute approximate surface area is 140 Å². The zero-order valence-corrected chi connectivity index (χ0v) is 14.7. The largest absolute Gasteiger partial charge is 0.276 e. The molecule has 100 valence electrons. The van der Waals surface area contributed by atoms with Gasteiger partial charge in [0, 0.05) is 9.79 Å². The number of fused-ring (bicyclic) bond motifs is 1. The molecule has 0 radical (unpaired) electrons. The van der Waals surface area contributed by atoms with E-state index in [2.05, 4.69) is 24.3 Å². The first-order valence-electron chi connectivity index (χ1n) is 5.63. The van der Waals surface area contributed by atoms with Crippen LogP contribution in [0.5, 0.6) is 0 Å². The smallest absolute Gasteiger partial charge is 0.252 e. The molecule has 0 bridgehead atoms. The Morgan fingerprint density at radius 2 is 1.45 bits per heavy atom.